The minimum Gasteiger partial charge on any atom is -0.397 e. The van der Waals surface area contributed by atoms with Gasteiger partial charge in [0, 0.05) is 11.9 Å². The summed E-state index contributed by atoms with van der Waals surface area (Å²) < 4.78 is 22.9. The summed E-state index contributed by atoms with van der Waals surface area (Å²) in [6.07, 6.45) is 2.83. The van der Waals surface area contributed by atoms with E-state index in [4.69, 9.17) is 5.73 Å². The number of carbonyl (C=O) groups excluding carboxylic acids is 1. The van der Waals surface area contributed by atoms with Crippen molar-refractivity contribution in [2.75, 3.05) is 12.0 Å². The summed E-state index contributed by atoms with van der Waals surface area (Å²) in [5, 5.41) is 2.86. The first-order valence-electron chi connectivity index (χ1n) is 7.05. The molecule has 2 rings (SSSR count). The van der Waals surface area contributed by atoms with Crippen LogP contribution in [0.15, 0.2) is 47.5 Å². The van der Waals surface area contributed by atoms with Crippen molar-refractivity contribution >= 4 is 33.8 Å². The fourth-order valence-corrected chi connectivity index (χ4v) is 2.72. The maximum absolute atomic E-state index is 12.0. The minimum atomic E-state index is -3.22. The summed E-state index contributed by atoms with van der Waals surface area (Å²) in [6, 6.07) is 9.64. The Hall–Kier alpha value is -2.12. The van der Waals surface area contributed by atoms with Gasteiger partial charge in [-0.3, -0.25) is 9.78 Å². The lowest BCUT2D eigenvalue weighted by Crippen LogP contribution is -2.28. The number of hydrogen-bond donors (Lipinski definition) is 2. The number of carbonyl (C=O) groups is 1. The number of nitrogens with two attached hydrogens (primary N) is 1. The molecule has 1 amide bonds. The number of benzene rings is 1. The molecular weight excluding hydrogens is 350 g/mol. The van der Waals surface area contributed by atoms with E-state index in [9.17, 15) is 13.2 Å². The summed E-state index contributed by atoms with van der Waals surface area (Å²) in [6.45, 7) is 1.84. The van der Waals surface area contributed by atoms with Crippen LogP contribution in [-0.2, 0) is 21.1 Å². The quantitative estimate of drug-likeness (QED) is 0.838. The van der Waals surface area contributed by atoms with Crippen LogP contribution in [0.5, 0.6) is 0 Å². The first-order valence-corrected chi connectivity index (χ1v) is 8.94. The van der Waals surface area contributed by atoms with Gasteiger partial charge in [0.15, 0.2) is 9.84 Å². The van der Waals surface area contributed by atoms with Gasteiger partial charge < -0.3 is 11.1 Å². The van der Waals surface area contributed by atoms with Gasteiger partial charge in [-0.1, -0.05) is 12.1 Å². The van der Waals surface area contributed by atoms with E-state index in [-0.39, 0.29) is 35.7 Å². The van der Waals surface area contributed by atoms with Gasteiger partial charge in [0.2, 0.25) is 5.91 Å². The van der Waals surface area contributed by atoms with Crippen LogP contribution in [0.1, 0.15) is 24.2 Å². The first-order chi connectivity index (χ1) is 10.8. The zero-order chi connectivity index (χ0) is 17.0. The molecule has 3 N–H and O–H groups in total. The Labute approximate surface area is 147 Å². The standard InChI is InChI=1S/C16H19N3O3S.ClH/c1-11(12-3-7-15(8-4-12)23(2,21)22)19-16(20)9-14-6-5-13(17)10-18-14;/h3-8,10-11H,9,17H2,1-2H3,(H,19,20);1H. The van der Waals surface area contributed by atoms with Crippen molar-refractivity contribution in [3.8, 4) is 0 Å². The van der Waals surface area contributed by atoms with Crippen LogP contribution in [0.25, 0.3) is 0 Å². The molecule has 2 aromatic rings. The van der Waals surface area contributed by atoms with Crippen molar-refractivity contribution in [3.63, 3.8) is 0 Å². The van der Waals surface area contributed by atoms with Gasteiger partial charge in [0.05, 0.1) is 29.2 Å². The second kappa shape index (κ2) is 8.12. The highest BCUT2D eigenvalue weighted by Crippen LogP contribution is 2.16. The molecule has 0 radical (unpaired) electrons. The molecular formula is C16H20ClN3O3S. The average Bonchev–Trinajstić information content (AvgIpc) is 2.49. The van der Waals surface area contributed by atoms with Gasteiger partial charge in [-0.15, -0.1) is 12.4 Å². The Morgan fingerprint density at radius 3 is 2.33 bits per heavy atom. The van der Waals surface area contributed by atoms with E-state index in [1.165, 1.54) is 18.3 Å². The normalized spacial score (nSPS) is 12.1. The van der Waals surface area contributed by atoms with Gasteiger partial charge in [-0.25, -0.2) is 8.42 Å². The number of nitrogens with zero attached hydrogens (tertiary/aromatic N) is 1. The molecule has 24 heavy (non-hydrogen) atoms. The lowest BCUT2D eigenvalue weighted by Gasteiger charge is -2.14. The number of anilines is 1. The molecule has 0 aliphatic heterocycles. The maximum Gasteiger partial charge on any atom is 0.226 e. The number of sulfone groups is 1. The second-order valence-electron chi connectivity index (χ2n) is 5.39. The van der Waals surface area contributed by atoms with E-state index >= 15 is 0 Å². The van der Waals surface area contributed by atoms with Crippen molar-refractivity contribution in [2.24, 2.45) is 0 Å². The molecule has 6 nitrogen and oxygen atoms in total. The highest BCUT2D eigenvalue weighted by Gasteiger charge is 2.12. The Bertz CT molecular complexity index is 790. The van der Waals surface area contributed by atoms with Gasteiger partial charge in [0.25, 0.3) is 0 Å². The molecule has 0 saturated heterocycles. The van der Waals surface area contributed by atoms with Gasteiger partial charge in [-0.2, -0.15) is 0 Å². The van der Waals surface area contributed by atoms with Crippen molar-refractivity contribution in [1.29, 1.82) is 0 Å². The highest BCUT2D eigenvalue weighted by atomic mass is 35.5. The third-order valence-electron chi connectivity index (χ3n) is 3.38. The van der Waals surface area contributed by atoms with E-state index < -0.39 is 9.84 Å². The molecule has 0 fully saturated rings. The van der Waals surface area contributed by atoms with Crippen molar-refractivity contribution in [3.05, 3.63) is 53.9 Å². The summed E-state index contributed by atoms with van der Waals surface area (Å²) in [7, 11) is -3.22. The number of halogens is 1. The largest absolute Gasteiger partial charge is 0.397 e. The minimum absolute atomic E-state index is 0. The maximum atomic E-state index is 12.0. The lowest BCUT2D eigenvalue weighted by atomic mass is 10.1. The van der Waals surface area contributed by atoms with Gasteiger partial charge in [0.1, 0.15) is 0 Å². The van der Waals surface area contributed by atoms with Crippen LogP contribution in [0, 0.1) is 0 Å². The van der Waals surface area contributed by atoms with Crippen LogP contribution in [0.2, 0.25) is 0 Å². The van der Waals surface area contributed by atoms with E-state index in [0.717, 1.165) is 11.8 Å². The zero-order valence-electron chi connectivity index (χ0n) is 13.4. The molecule has 0 spiro atoms. The van der Waals surface area contributed by atoms with Crippen LogP contribution in [0.4, 0.5) is 5.69 Å². The SMILES string of the molecule is CC(NC(=O)Cc1ccc(N)cn1)c1ccc(S(C)(=O)=O)cc1.Cl. The number of rotatable bonds is 5. The molecule has 1 atom stereocenters. The smallest absolute Gasteiger partial charge is 0.226 e. The number of nitrogens with one attached hydrogen (secondary N) is 1. The molecule has 8 heteroatoms. The number of nitrogen functional groups attached to an aromatic ring is 1. The van der Waals surface area contributed by atoms with Crippen molar-refractivity contribution in [2.45, 2.75) is 24.3 Å². The Balaban J connectivity index is 0.00000288. The fourth-order valence-electron chi connectivity index (χ4n) is 2.08. The topological polar surface area (TPSA) is 102 Å². The zero-order valence-corrected chi connectivity index (χ0v) is 15.0. The molecule has 0 saturated carbocycles. The molecule has 1 aromatic carbocycles. The predicted molar refractivity (Wildman–Crippen MR) is 95.7 cm³/mol. The molecule has 1 unspecified atom stereocenters. The number of hydrogen-bond acceptors (Lipinski definition) is 5. The summed E-state index contributed by atoms with van der Waals surface area (Å²) in [5.74, 6) is -0.165. The van der Waals surface area contributed by atoms with E-state index in [0.29, 0.717) is 11.4 Å². The number of pyridine rings is 1. The average molecular weight is 370 g/mol. The summed E-state index contributed by atoms with van der Waals surface area (Å²) >= 11 is 0. The molecule has 1 aromatic heterocycles. The fraction of sp³-hybridized carbons (Fsp3) is 0.250. The number of amides is 1. The highest BCUT2D eigenvalue weighted by molar-refractivity contribution is 7.90. The van der Waals surface area contributed by atoms with E-state index in [1.807, 2.05) is 6.92 Å². The second-order valence-corrected chi connectivity index (χ2v) is 7.41. The van der Waals surface area contributed by atoms with Crippen molar-refractivity contribution in [1.82, 2.24) is 10.3 Å². The third-order valence-corrected chi connectivity index (χ3v) is 4.50. The van der Waals surface area contributed by atoms with Crippen LogP contribution in [-0.4, -0.2) is 25.6 Å². The molecule has 0 aliphatic rings. The van der Waals surface area contributed by atoms with E-state index in [1.54, 1.807) is 24.3 Å². The lowest BCUT2D eigenvalue weighted by molar-refractivity contribution is -0.121. The first kappa shape index (κ1) is 19.9. The van der Waals surface area contributed by atoms with Crippen LogP contribution >= 0.6 is 12.4 Å². The predicted octanol–water partition coefficient (Wildman–Crippen LogP) is 1.91. The summed E-state index contributed by atoms with van der Waals surface area (Å²) in [4.78, 5) is 16.4. The van der Waals surface area contributed by atoms with Crippen LogP contribution in [0.3, 0.4) is 0 Å². The summed E-state index contributed by atoms with van der Waals surface area (Å²) in [5.41, 5.74) is 7.57. The monoisotopic (exact) mass is 369 g/mol. The van der Waals surface area contributed by atoms with E-state index in [2.05, 4.69) is 10.3 Å². The Kier molecular flexibility index (Phi) is 6.74. The Morgan fingerprint density at radius 2 is 1.83 bits per heavy atom. The Morgan fingerprint density at radius 1 is 1.21 bits per heavy atom. The molecule has 130 valence electrons. The molecule has 0 aliphatic carbocycles. The third kappa shape index (κ3) is 5.50. The number of aromatic nitrogens is 1. The van der Waals surface area contributed by atoms with Crippen LogP contribution < -0.4 is 11.1 Å². The van der Waals surface area contributed by atoms with Gasteiger partial charge >= 0.3 is 0 Å². The molecule has 1 heterocycles. The molecule has 0 bridgehead atoms. The van der Waals surface area contributed by atoms with Gasteiger partial charge in [-0.05, 0) is 36.8 Å². The van der Waals surface area contributed by atoms with Crippen molar-refractivity contribution < 1.29 is 13.2 Å².